The van der Waals surface area contributed by atoms with Crippen LogP contribution in [0, 0.1) is 0 Å². The number of fused-ring (bicyclic) bond motifs is 1. The minimum Gasteiger partial charge on any atom is -0.507 e. The quantitative estimate of drug-likeness (QED) is 0.330. The van der Waals surface area contributed by atoms with Gasteiger partial charge in [-0.3, -0.25) is 4.99 Å². The van der Waals surface area contributed by atoms with Gasteiger partial charge >= 0.3 is 0 Å². The van der Waals surface area contributed by atoms with Gasteiger partial charge in [0.05, 0.1) is 10.2 Å². The summed E-state index contributed by atoms with van der Waals surface area (Å²) in [5, 5.41) is 19.6. The van der Waals surface area contributed by atoms with Gasteiger partial charge in [-0.2, -0.15) is 0 Å². The molecule has 0 atom stereocenters. The highest BCUT2D eigenvalue weighted by Crippen LogP contribution is 2.32. The van der Waals surface area contributed by atoms with Crippen LogP contribution < -0.4 is 0 Å². The van der Waals surface area contributed by atoms with E-state index in [0.29, 0.717) is 32.7 Å². The minimum absolute atomic E-state index is 0.0308. The van der Waals surface area contributed by atoms with E-state index in [1.165, 1.54) is 17.8 Å². The van der Waals surface area contributed by atoms with E-state index in [1.807, 2.05) is 30.3 Å². The number of rotatable bonds is 3. The molecule has 6 heteroatoms. The predicted octanol–water partition coefficient (Wildman–Crippen LogP) is 6.72. The highest BCUT2D eigenvalue weighted by molar-refractivity contribution is 9.10. The van der Waals surface area contributed by atoms with Crippen LogP contribution in [0.1, 0.15) is 31.9 Å². The number of oxazole rings is 1. The summed E-state index contributed by atoms with van der Waals surface area (Å²) in [6.07, 6.45) is 1.53. The molecule has 152 valence electrons. The van der Waals surface area contributed by atoms with Crippen molar-refractivity contribution in [3.8, 4) is 23.0 Å². The lowest BCUT2D eigenvalue weighted by molar-refractivity contribution is 0.448. The molecule has 3 aromatic carbocycles. The average molecular weight is 465 g/mol. The standard InChI is InChI=1S/C24H21BrN2O3/c1-24(2,3)16-6-4-14(5-7-16)23-27-19-11-17(8-9-22(19)30-23)26-13-15-10-18(25)21(29)12-20(15)28/h4-13,28-29H,1-3H3. The molecule has 0 saturated carbocycles. The van der Waals surface area contributed by atoms with Crippen LogP contribution in [0.2, 0.25) is 0 Å². The first-order valence-corrected chi connectivity index (χ1v) is 10.3. The number of hydrogen-bond acceptors (Lipinski definition) is 5. The molecule has 1 heterocycles. The Hall–Kier alpha value is -3.12. The molecule has 0 spiro atoms. The lowest BCUT2D eigenvalue weighted by Crippen LogP contribution is -2.10. The van der Waals surface area contributed by atoms with Crippen LogP contribution in [0.4, 0.5) is 5.69 Å². The number of aromatic hydroxyl groups is 2. The molecule has 0 saturated heterocycles. The molecule has 5 nitrogen and oxygen atoms in total. The highest BCUT2D eigenvalue weighted by atomic mass is 79.9. The Morgan fingerprint density at radius 3 is 2.40 bits per heavy atom. The maximum atomic E-state index is 9.97. The van der Waals surface area contributed by atoms with Gasteiger partial charge in [-0.1, -0.05) is 32.9 Å². The van der Waals surface area contributed by atoms with E-state index in [-0.39, 0.29) is 16.9 Å². The van der Waals surface area contributed by atoms with Crippen molar-refractivity contribution in [1.82, 2.24) is 4.98 Å². The summed E-state index contributed by atoms with van der Waals surface area (Å²) in [7, 11) is 0. The fourth-order valence-electron chi connectivity index (χ4n) is 3.05. The highest BCUT2D eigenvalue weighted by Gasteiger charge is 2.15. The zero-order valence-corrected chi connectivity index (χ0v) is 18.4. The molecule has 2 N–H and O–H groups in total. The zero-order chi connectivity index (χ0) is 21.5. The molecule has 4 rings (SSSR count). The smallest absolute Gasteiger partial charge is 0.227 e. The molecule has 0 aliphatic heterocycles. The average Bonchev–Trinajstić information content (AvgIpc) is 3.12. The first-order chi connectivity index (χ1) is 14.2. The van der Waals surface area contributed by atoms with Gasteiger partial charge < -0.3 is 14.6 Å². The number of nitrogens with zero attached hydrogens (tertiary/aromatic N) is 2. The monoisotopic (exact) mass is 464 g/mol. The molecular formula is C24H21BrN2O3. The Balaban J connectivity index is 1.62. The molecule has 0 unspecified atom stereocenters. The Morgan fingerprint density at radius 2 is 1.70 bits per heavy atom. The van der Waals surface area contributed by atoms with Crippen molar-refractivity contribution in [3.63, 3.8) is 0 Å². The summed E-state index contributed by atoms with van der Waals surface area (Å²) in [5.41, 5.74) is 4.81. The van der Waals surface area contributed by atoms with Crippen LogP contribution >= 0.6 is 15.9 Å². The molecule has 4 aromatic rings. The van der Waals surface area contributed by atoms with Crippen molar-refractivity contribution >= 4 is 38.9 Å². The van der Waals surface area contributed by atoms with Gasteiger partial charge in [-0.25, -0.2) is 4.98 Å². The second-order valence-corrected chi connectivity index (χ2v) is 8.97. The van der Waals surface area contributed by atoms with Crippen LogP contribution in [0.3, 0.4) is 0 Å². The fourth-order valence-corrected chi connectivity index (χ4v) is 3.41. The normalized spacial score (nSPS) is 12.1. The van der Waals surface area contributed by atoms with E-state index in [0.717, 1.165) is 5.56 Å². The lowest BCUT2D eigenvalue weighted by atomic mass is 9.87. The molecule has 0 aliphatic carbocycles. The summed E-state index contributed by atoms with van der Waals surface area (Å²) >= 11 is 3.23. The summed E-state index contributed by atoms with van der Waals surface area (Å²) < 4.78 is 6.39. The first kappa shape index (κ1) is 20.2. The van der Waals surface area contributed by atoms with E-state index >= 15 is 0 Å². The van der Waals surface area contributed by atoms with Gasteiger partial charge in [0.1, 0.15) is 17.0 Å². The maximum Gasteiger partial charge on any atom is 0.227 e. The topological polar surface area (TPSA) is 78.9 Å². The van der Waals surface area contributed by atoms with Crippen LogP contribution in [0.25, 0.3) is 22.6 Å². The molecule has 0 bridgehead atoms. The summed E-state index contributed by atoms with van der Waals surface area (Å²) in [6, 6.07) is 16.6. The molecular weight excluding hydrogens is 444 g/mol. The SMILES string of the molecule is CC(C)(C)c1ccc(-c2nc3cc(N=Cc4cc(Br)c(O)cc4O)ccc3o2)cc1. The van der Waals surface area contributed by atoms with Crippen LogP contribution in [0.15, 0.2) is 68.5 Å². The van der Waals surface area contributed by atoms with Crippen molar-refractivity contribution in [1.29, 1.82) is 0 Å². The Labute approximate surface area is 182 Å². The number of hydrogen-bond donors (Lipinski definition) is 2. The molecule has 0 amide bonds. The summed E-state index contributed by atoms with van der Waals surface area (Å²) in [6.45, 7) is 6.54. The van der Waals surface area contributed by atoms with E-state index in [2.05, 4.69) is 58.8 Å². The van der Waals surface area contributed by atoms with E-state index < -0.39 is 0 Å². The van der Waals surface area contributed by atoms with Crippen molar-refractivity contribution in [2.24, 2.45) is 4.99 Å². The Morgan fingerprint density at radius 1 is 0.967 bits per heavy atom. The fraction of sp³-hybridized carbons (Fsp3) is 0.167. The van der Waals surface area contributed by atoms with Crippen molar-refractivity contribution in [2.45, 2.75) is 26.2 Å². The van der Waals surface area contributed by atoms with Gasteiger partial charge in [0, 0.05) is 23.4 Å². The third kappa shape index (κ3) is 4.09. The number of phenolic OH excluding ortho intramolecular Hbond substituents is 2. The molecule has 1 aromatic heterocycles. The Bertz CT molecular complexity index is 1250. The Kier molecular flexibility index (Phi) is 5.12. The second kappa shape index (κ2) is 7.61. The van der Waals surface area contributed by atoms with E-state index in [1.54, 1.807) is 6.07 Å². The number of aromatic nitrogens is 1. The summed E-state index contributed by atoms with van der Waals surface area (Å²) in [4.78, 5) is 9.01. The van der Waals surface area contributed by atoms with E-state index in [4.69, 9.17) is 4.42 Å². The third-order valence-corrected chi connectivity index (χ3v) is 5.45. The van der Waals surface area contributed by atoms with Crippen molar-refractivity contribution < 1.29 is 14.6 Å². The third-order valence-electron chi connectivity index (χ3n) is 4.82. The maximum absolute atomic E-state index is 9.97. The lowest BCUT2D eigenvalue weighted by Gasteiger charge is -2.18. The van der Waals surface area contributed by atoms with Crippen LogP contribution in [0.5, 0.6) is 11.5 Å². The predicted molar refractivity (Wildman–Crippen MR) is 123 cm³/mol. The van der Waals surface area contributed by atoms with E-state index in [9.17, 15) is 10.2 Å². The van der Waals surface area contributed by atoms with Gasteiger partial charge in [0.2, 0.25) is 5.89 Å². The van der Waals surface area contributed by atoms with Crippen molar-refractivity contribution in [3.05, 3.63) is 70.2 Å². The van der Waals surface area contributed by atoms with Gasteiger partial charge in [0.15, 0.2) is 5.58 Å². The molecule has 0 fully saturated rings. The minimum atomic E-state index is -0.0528. The largest absolute Gasteiger partial charge is 0.507 e. The molecule has 30 heavy (non-hydrogen) atoms. The number of benzene rings is 3. The van der Waals surface area contributed by atoms with Crippen molar-refractivity contribution in [2.75, 3.05) is 0 Å². The van der Waals surface area contributed by atoms with Gasteiger partial charge in [-0.05, 0) is 63.3 Å². The van der Waals surface area contributed by atoms with Gasteiger partial charge in [0.25, 0.3) is 0 Å². The summed E-state index contributed by atoms with van der Waals surface area (Å²) in [5.74, 6) is 0.478. The zero-order valence-electron chi connectivity index (χ0n) is 16.8. The number of halogens is 1. The van der Waals surface area contributed by atoms with Gasteiger partial charge in [-0.15, -0.1) is 0 Å². The van der Waals surface area contributed by atoms with Crippen LogP contribution in [-0.2, 0) is 5.41 Å². The van der Waals surface area contributed by atoms with Crippen LogP contribution in [-0.4, -0.2) is 21.4 Å². The number of aliphatic imine (C=N–C) groups is 1. The number of phenols is 2. The first-order valence-electron chi connectivity index (χ1n) is 9.48. The molecule has 0 radical (unpaired) electrons. The molecule has 0 aliphatic rings. The second-order valence-electron chi connectivity index (χ2n) is 8.12.